The highest BCUT2D eigenvalue weighted by Crippen LogP contribution is 2.42. The minimum atomic E-state index is 1.08. The van der Waals surface area contributed by atoms with E-state index in [1.807, 2.05) is 0 Å². The lowest BCUT2D eigenvalue weighted by Crippen LogP contribution is -2.12. The van der Waals surface area contributed by atoms with Crippen LogP contribution in [0.3, 0.4) is 0 Å². The molecule has 0 radical (unpaired) electrons. The monoisotopic (exact) mass is 753 g/mol. The van der Waals surface area contributed by atoms with Gasteiger partial charge in [-0.1, -0.05) is 133 Å². The molecule has 0 aliphatic carbocycles. The Morgan fingerprint density at radius 2 is 0.712 bits per heavy atom. The number of hydrogen-bond donors (Lipinski definition) is 0. The summed E-state index contributed by atoms with van der Waals surface area (Å²) < 4.78 is 2.40. The molecular formula is C56H39N3. The van der Waals surface area contributed by atoms with E-state index in [4.69, 9.17) is 0 Å². The number of nitrogens with zero attached hydrogens (tertiary/aromatic N) is 3. The molecule has 0 bridgehead atoms. The Bertz CT molecular complexity index is 3190. The van der Waals surface area contributed by atoms with E-state index in [2.05, 4.69) is 251 Å². The average molecular weight is 754 g/mol. The SMILES string of the molecule is c1ccc(-c2ccc(N(c3ccc(N(c4ccccc4)c4ccccc4)cc3)c3ccc4c(ccc5cc6c7ccccc7n(-c7ccccc7)c6cc54)c3)cc2)cc1. The average Bonchev–Trinajstić information content (AvgIpc) is 3.63. The Balaban J connectivity index is 1.05. The molecule has 0 unspecified atom stereocenters. The Morgan fingerprint density at radius 1 is 0.254 bits per heavy atom. The summed E-state index contributed by atoms with van der Waals surface area (Å²) in [6.45, 7) is 0. The van der Waals surface area contributed by atoms with E-state index in [0.717, 1.165) is 39.8 Å². The van der Waals surface area contributed by atoms with Crippen molar-refractivity contribution in [2.24, 2.45) is 0 Å². The van der Waals surface area contributed by atoms with Crippen LogP contribution in [-0.4, -0.2) is 4.57 Å². The van der Waals surface area contributed by atoms with Crippen LogP contribution in [0.5, 0.6) is 0 Å². The van der Waals surface area contributed by atoms with Crippen molar-refractivity contribution in [1.29, 1.82) is 0 Å². The molecule has 3 heteroatoms. The summed E-state index contributed by atoms with van der Waals surface area (Å²) in [5.74, 6) is 0. The zero-order valence-electron chi connectivity index (χ0n) is 32.4. The van der Waals surface area contributed by atoms with Gasteiger partial charge in [0.05, 0.1) is 11.0 Å². The van der Waals surface area contributed by atoms with Crippen molar-refractivity contribution < 1.29 is 0 Å². The highest BCUT2D eigenvalue weighted by atomic mass is 15.2. The van der Waals surface area contributed by atoms with E-state index < -0.39 is 0 Å². The standard InChI is InChI=1S/C56H39N3/c1-5-15-40(16-6-1)41-27-29-47(30-28-41)58(49-33-31-48(32-34-49)57(44-17-7-2-8-18-44)45-19-9-3-10-20-45)50-35-36-51-42(37-50)25-26-43-38-54-52-23-13-14-24-55(52)59(56(54)39-53(43)51)46-21-11-4-12-22-46/h1-39H. The van der Waals surface area contributed by atoms with Gasteiger partial charge in [0, 0.05) is 50.6 Å². The molecule has 0 atom stereocenters. The second-order valence-electron chi connectivity index (χ2n) is 15.0. The predicted octanol–water partition coefficient (Wildman–Crippen LogP) is 15.7. The molecule has 0 amide bonds. The second kappa shape index (κ2) is 14.6. The summed E-state index contributed by atoms with van der Waals surface area (Å²) in [6.07, 6.45) is 0. The first-order valence-electron chi connectivity index (χ1n) is 20.2. The summed E-state index contributed by atoms with van der Waals surface area (Å²) in [7, 11) is 0. The molecule has 11 rings (SSSR count). The number of rotatable bonds is 8. The molecule has 0 N–H and O–H groups in total. The van der Waals surface area contributed by atoms with Crippen molar-refractivity contribution in [2.75, 3.05) is 9.80 Å². The van der Waals surface area contributed by atoms with Crippen LogP contribution in [0.4, 0.5) is 34.1 Å². The largest absolute Gasteiger partial charge is 0.311 e. The molecule has 59 heavy (non-hydrogen) atoms. The van der Waals surface area contributed by atoms with E-state index in [0.29, 0.717) is 0 Å². The van der Waals surface area contributed by atoms with Crippen molar-refractivity contribution in [1.82, 2.24) is 4.57 Å². The van der Waals surface area contributed by atoms with Gasteiger partial charge in [-0.05, 0) is 136 Å². The molecule has 0 aliphatic rings. The summed E-state index contributed by atoms with van der Waals surface area (Å²) in [5.41, 5.74) is 12.6. The Morgan fingerprint density at radius 3 is 1.34 bits per heavy atom. The smallest absolute Gasteiger partial charge is 0.0547 e. The van der Waals surface area contributed by atoms with Gasteiger partial charge in [-0.2, -0.15) is 0 Å². The lowest BCUT2D eigenvalue weighted by atomic mass is 9.99. The molecule has 0 spiro atoms. The predicted molar refractivity (Wildman–Crippen MR) is 251 cm³/mol. The third-order valence-corrected chi connectivity index (χ3v) is 11.5. The van der Waals surface area contributed by atoms with E-state index in [-0.39, 0.29) is 0 Å². The van der Waals surface area contributed by atoms with Crippen LogP contribution < -0.4 is 9.80 Å². The molecule has 1 heterocycles. The molecule has 10 aromatic carbocycles. The molecule has 3 nitrogen and oxygen atoms in total. The molecule has 278 valence electrons. The van der Waals surface area contributed by atoms with E-state index in [9.17, 15) is 0 Å². The van der Waals surface area contributed by atoms with E-state index in [1.54, 1.807) is 0 Å². The summed E-state index contributed by atoms with van der Waals surface area (Å²) in [6, 6.07) is 85.3. The van der Waals surface area contributed by atoms with Crippen molar-refractivity contribution in [2.45, 2.75) is 0 Å². The molecule has 0 saturated carbocycles. The van der Waals surface area contributed by atoms with Crippen molar-refractivity contribution in [3.8, 4) is 16.8 Å². The minimum Gasteiger partial charge on any atom is -0.311 e. The molecule has 11 aromatic rings. The van der Waals surface area contributed by atoms with Gasteiger partial charge in [0.1, 0.15) is 0 Å². The zero-order valence-corrected chi connectivity index (χ0v) is 32.4. The van der Waals surface area contributed by atoms with Gasteiger partial charge in [0.2, 0.25) is 0 Å². The third kappa shape index (κ3) is 6.17. The molecular weight excluding hydrogens is 715 g/mol. The van der Waals surface area contributed by atoms with Crippen LogP contribution in [0.2, 0.25) is 0 Å². The van der Waals surface area contributed by atoms with E-state index >= 15 is 0 Å². The molecule has 0 fully saturated rings. The maximum atomic E-state index is 2.40. The Kier molecular flexibility index (Phi) is 8.49. The van der Waals surface area contributed by atoms with Crippen LogP contribution in [-0.2, 0) is 0 Å². The number of hydrogen-bond acceptors (Lipinski definition) is 2. The van der Waals surface area contributed by atoms with Gasteiger partial charge in [-0.3, -0.25) is 0 Å². The quantitative estimate of drug-likeness (QED) is 0.143. The van der Waals surface area contributed by atoms with Gasteiger partial charge in [0.25, 0.3) is 0 Å². The fraction of sp³-hybridized carbons (Fsp3) is 0. The number of fused-ring (bicyclic) bond motifs is 6. The molecule has 0 aliphatic heterocycles. The normalized spacial score (nSPS) is 11.4. The van der Waals surface area contributed by atoms with Crippen LogP contribution in [0.1, 0.15) is 0 Å². The van der Waals surface area contributed by atoms with Crippen LogP contribution >= 0.6 is 0 Å². The maximum absolute atomic E-state index is 2.40. The van der Waals surface area contributed by atoms with E-state index in [1.165, 1.54) is 54.5 Å². The number of benzene rings is 10. The Hall–Kier alpha value is -7.88. The fourth-order valence-electron chi connectivity index (χ4n) is 8.74. The van der Waals surface area contributed by atoms with Gasteiger partial charge in [-0.25, -0.2) is 0 Å². The van der Waals surface area contributed by atoms with Gasteiger partial charge >= 0.3 is 0 Å². The van der Waals surface area contributed by atoms with Gasteiger partial charge in [0.15, 0.2) is 0 Å². The fourth-order valence-corrected chi connectivity index (χ4v) is 8.74. The van der Waals surface area contributed by atoms with Crippen molar-refractivity contribution in [3.63, 3.8) is 0 Å². The number of anilines is 6. The van der Waals surface area contributed by atoms with Crippen molar-refractivity contribution >= 4 is 77.5 Å². The van der Waals surface area contributed by atoms with Crippen LogP contribution in [0, 0.1) is 0 Å². The molecule has 0 saturated heterocycles. The first-order valence-corrected chi connectivity index (χ1v) is 20.2. The second-order valence-corrected chi connectivity index (χ2v) is 15.0. The Labute approximate surface area is 343 Å². The van der Waals surface area contributed by atoms with Gasteiger partial charge < -0.3 is 14.4 Å². The lowest BCUT2D eigenvalue weighted by molar-refractivity contribution is 1.18. The van der Waals surface area contributed by atoms with Gasteiger partial charge in [-0.15, -0.1) is 0 Å². The number of para-hydroxylation sites is 4. The van der Waals surface area contributed by atoms with Crippen LogP contribution in [0.25, 0.3) is 60.2 Å². The number of aromatic nitrogens is 1. The third-order valence-electron chi connectivity index (χ3n) is 11.5. The zero-order chi connectivity index (χ0) is 39.1. The first kappa shape index (κ1) is 34.4. The highest BCUT2D eigenvalue weighted by Gasteiger charge is 2.18. The lowest BCUT2D eigenvalue weighted by Gasteiger charge is -2.28. The highest BCUT2D eigenvalue weighted by molar-refractivity contribution is 6.18. The maximum Gasteiger partial charge on any atom is 0.0547 e. The minimum absolute atomic E-state index is 1.08. The topological polar surface area (TPSA) is 11.4 Å². The van der Waals surface area contributed by atoms with Crippen LogP contribution in [0.15, 0.2) is 237 Å². The molecule has 1 aromatic heterocycles. The summed E-state index contributed by atoms with van der Waals surface area (Å²) in [4.78, 5) is 4.67. The van der Waals surface area contributed by atoms with Crippen molar-refractivity contribution in [3.05, 3.63) is 237 Å². The summed E-state index contributed by atoms with van der Waals surface area (Å²) >= 11 is 0. The first-order chi connectivity index (χ1) is 29.3. The summed E-state index contributed by atoms with van der Waals surface area (Å²) in [5, 5.41) is 7.43.